The number of hydrogen-bond donors (Lipinski definition) is 1. The average molecular weight is 254 g/mol. The van der Waals surface area contributed by atoms with Gasteiger partial charge < -0.3 is 9.84 Å². The monoisotopic (exact) mass is 254 g/mol. The van der Waals surface area contributed by atoms with Crippen LogP contribution in [0.2, 0.25) is 0 Å². The molecule has 3 aromatic rings. The second-order valence-electron chi connectivity index (χ2n) is 4.25. The molecule has 96 valence electrons. The summed E-state index contributed by atoms with van der Waals surface area (Å²) < 4.78 is 4.94. The van der Waals surface area contributed by atoms with Gasteiger partial charge in [0.2, 0.25) is 5.89 Å². The molecule has 0 amide bonds. The molecule has 0 radical (unpaired) electrons. The number of benzene rings is 1. The summed E-state index contributed by atoms with van der Waals surface area (Å²) >= 11 is 0. The number of para-hydroxylation sites is 1. The number of nitrogens with one attached hydrogen (secondary N) is 1. The van der Waals surface area contributed by atoms with Crippen molar-refractivity contribution >= 4 is 10.9 Å². The standard InChI is InChI=1S/C14H14N4O/c1-3-11-5-2-7-16-14(11)12(4-1)9-15-8-6-13-17-10-18-19-13/h1-5,7,10,15H,6,8-9H2. The van der Waals surface area contributed by atoms with Gasteiger partial charge in [-0.05, 0) is 11.6 Å². The van der Waals surface area contributed by atoms with E-state index in [0.29, 0.717) is 5.89 Å². The van der Waals surface area contributed by atoms with Crippen molar-refractivity contribution in [3.8, 4) is 0 Å². The van der Waals surface area contributed by atoms with E-state index < -0.39 is 0 Å². The SMILES string of the molecule is c1cnc2c(CNCCc3ncno3)cccc2c1. The number of pyridine rings is 1. The van der Waals surface area contributed by atoms with Gasteiger partial charge in [0.05, 0.1) is 5.52 Å². The first kappa shape index (κ1) is 11.8. The zero-order valence-electron chi connectivity index (χ0n) is 10.4. The summed E-state index contributed by atoms with van der Waals surface area (Å²) in [5.74, 6) is 0.656. The van der Waals surface area contributed by atoms with E-state index in [0.717, 1.165) is 25.0 Å². The lowest BCUT2D eigenvalue weighted by Gasteiger charge is -2.06. The Morgan fingerprint density at radius 3 is 2.95 bits per heavy atom. The predicted molar refractivity (Wildman–Crippen MR) is 71.5 cm³/mol. The van der Waals surface area contributed by atoms with Crippen molar-refractivity contribution in [3.05, 3.63) is 54.3 Å². The number of hydrogen-bond acceptors (Lipinski definition) is 5. The molecule has 1 aromatic carbocycles. The minimum atomic E-state index is 0.656. The largest absolute Gasteiger partial charge is 0.340 e. The Labute approximate surface area is 110 Å². The molecule has 2 aromatic heterocycles. The van der Waals surface area contributed by atoms with Crippen LogP contribution in [-0.4, -0.2) is 21.7 Å². The highest BCUT2D eigenvalue weighted by Crippen LogP contribution is 2.15. The van der Waals surface area contributed by atoms with E-state index in [2.05, 4.69) is 44.7 Å². The van der Waals surface area contributed by atoms with Crippen LogP contribution in [-0.2, 0) is 13.0 Å². The molecule has 0 bridgehead atoms. The van der Waals surface area contributed by atoms with E-state index in [1.54, 1.807) is 0 Å². The summed E-state index contributed by atoms with van der Waals surface area (Å²) in [7, 11) is 0. The fraction of sp³-hybridized carbons (Fsp3) is 0.214. The van der Waals surface area contributed by atoms with Crippen LogP contribution < -0.4 is 5.32 Å². The maximum atomic E-state index is 4.94. The Bertz CT molecular complexity index is 646. The highest BCUT2D eigenvalue weighted by atomic mass is 16.5. The number of nitrogens with zero attached hydrogens (tertiary/aromatic N) is 3. The van der Waals surface area contributed by atoms with E-state index >= 15 is 0 Å². The number of aromatic nitrogens is 3. The van der Waals surface area contributed by atoms with Crippen LogP contribution in [0.15, 0.2) is 47.4 Å². The van der Waals surface area contributed by atoms with Crippen molar-refractivity contribution in [1.82, 2.24) is 20.4 Å². The third kappa shape index (κ3) is 2.77. The molecule has 5 heteroatoms. The molecule has 0 saturated heterocycles. The lowest BCUT2D eigenvalue weighted by atomic mass is 10.1. The van der Waals surface area contributed by atoms with Crippen molar-refractivity contribution in [1.29, 1.82) is 0 Å². The van der Waals surface area contributed by atoms with Crippen molar-refractivity contribution in [2.75, 3.05) is 6.54 Å². The molecule has 0 atom stereocenters. The van der Waals surface area contributed by atoms with Gasteiger partial charge in [-0.15, -0.1) is 0 Å². The highest BCUT2D eigenvalue weighted by molar-refractivity contribution is 5.81. The van der Waals surface area contributed by atoms with Gasteiger partial charge in [-0.2, -0.15) is 4.98 Å². The number of rotatable bonds is 5. The molecular weight excluding hydrogens is 240 g/mol. The average Bonchev–Trinajstić information content (AvgIpc) is 2.97. The van der Waals surface area contributed by atoms with Crippen LogP contribution in [0.5, 0.6) is 0 Å². The summed E-state index contributed by atoms with van der Waals surface area (Å²) in [6.07, 6.45) is 3.98. The van der Waals surface area contributed by atoms with Crippen LogP contribution in [0.1, 0.15) is 11.5 Å². The van der Waals surface area contributed by atoms with Crippen LogP contribution in [0, 0.1) is 0 Å². The summed E-state index contributed by atoms with van der Waals surface area (Å²) in [5.41, 5.74) is 2.25. The minimum absolute atomic E-state index is 0.656. The van der Waals surface area contributed by atoms with E-state index in [1.807, 2.05) is 12.3 Å². The fourth-order valence-corrected chi connectivity index (χ4v) is 2.03. The Morgan fingerprint density at radius 1 is 1.11 bits per heavy atom. The van der Waals surface area contributed by atoms with Gasteiger partial charge >= 0.3 is 0 Å². The molecule has 19 heavy (non-hydrogen) atoms. The zero-order valence-corrected chi connectivity index (χ0v) is 10.4. The van der Waals surface area contributed by atoms with Gasteiger partial charge in [0.1, 0.15) is 0 Å². The molecule has 0 unspecified atom stereocenters. The summed E-state index contributed by atoms with van der Waals surface area (Å²) in [5, 5.41) is 8.11. The first-order chi connectivity index (χ1) is 9.43. The van der Waals surface area contributed by atoms with Crippen LogP contribution in [0.3, 0.4) is 0 Å². The quantitative estimate of drug-likeness (QED) is 0.705. The second kappa shape index (κ2) is 5.58. The molecule has 0 spiro atoms. The first-order valence-corrected chi connectivity index (χ1v) is 6.22. The fourth-order valence-electron chi connectivity index (χ4n) is 2.03. The van der Waals surface area contributed by atoms with E-state index in [9.17, 15) is 0 Å². The van der Waals surface area contributed by atoms with E-state index in [4.69, 9.17) is 4.52 Å². The second-order valence-corrected chi connectivity index (χ2v) is 4.25. The van der Waals surface area contributed by atoms with E-state index in [-0.39, 0.29) is 0 Å². The van der Waals surface area contributed by atoms with Gasteiger partial charge in [-0.1, -0.05) is 29.4 Å². The topological polar surface area (TPSA) is 63.8 Å². The maximum Gasteiger partial charge on any atom is 0.227 e. The summed E-state index contributed by atoms with van der Waals surface area (Å²) in [6.45, 7) is 1.58. The molecule has 3 rings (SSSR count). The molecule has 2 heterocycles. The first-order valence-electron chi connectivity index (χ1n) is 6.22. The lowest BCUT2D eigenvalue weighted by molar-refractivity contribution is 0.375. The predicted octanol–water partition coefficient (Wildman–Crippen LogP) is 1.95. The van der Waals surface area contributed by atoms with Gasteiger partial charge in [0.25, 0.3) is 0 Å². The molecule has 0 aliphatic rings. The van der Waals surface area contributed by atoms with Crippen molar-refractivity contribution in [3.63, 3.8) is 0 Å². The Morgan fingerprint density at radius 2 is 2.05 bits per heavy atom. The lowest BCUT2D eigenvalue weighted by Crippen LogP contribution is -2.17. The number of fused-ring (bicyclic) bond motifs is 1. The molecule has 0 fully saturated rings. The Balaban J connectivity index is 1.62. The smallest absolute Gasteiger partial charge is 0.227 e. The molecule has 0 aliphatic carbocycles. The van der Waals surface area contributed by atoms with Crippen LogP contribution >= 0.6 is 0 Å². The zero-order chi connectivity index (χ0) is 12.9. The minimum Gasteiger partial charge on any atom is -0.340 e. The molecule has 0 aliphatic heterocycles. The normalized spacial score (nSPS) is 10.9. The molecular formula is C14H14N4O. The third-order valence-electron chi connectivity index (χ3n) is 2.95. The van der Waals surface area contributed by atoms with Gasteiger partial charge in [0.15, 0.2) is 6.33 Å². The Kier molecular flexibility index (Phi) is 3.47. The van der Waals surface area contributed by atoms with Crippen molar-refractivity contribution < 1.29 is 4.52 Å². The van der Waals surface area contributed by atoms with Crippen molar-refractivity contribution in [2.24, 2.45) is 0 Å². The molecule has 0 saturated carbocycles. The molecule has 5 nitrogen and oxygen atoms in total. The van der Waals surface area contributed by atoms with E-state index in [1.165, 1.54) is 17.3 Å². The van der Waals surface area contributed by atoms with Gasteiger partial charge in [-0.25, -0.2) is 0 Å². The highest BCUT2D eigenvalue weighted by Gasteiger charge is 2.02. The van der Waals surface area contributed by atoms with Crippen molar-refractivity contribution in [2.45, 2.75) is 13.0 Å². The van der Waals surface area contributed by atoms with Crippen LogP contribution in [0.4, 0.5) is 0 Å². The van der Waals surface area contributed by atoms with Gasteiger partial charge in [0, 0.05) is 31.1 Å². The maximum absolute atomic E-state index is 4.94. The summed E-state index contributed by atoms with van der Waals surface area (Å²) in [4.78, 5) is 8.41. The summed E-state index contributed by atoms with van der Waals surface area (Å²) in [6, 6.07) is 10.2. The van der Waals surface area contributed by atoms with Crippen LogP contribution in [0.25, 0.3) is 10.9 Å². The Hall–Kier alpha value is -2.27. The van der Waals surface area contributed by atoms with Gasteiger partial charge in [-0.3, -0.25) is 4.98 Å². The molecule has 1 N–H and O–H groups in total. The third-order valence-corrected chi connectivity index (χ3v) is 2.95.